The first kappa shape index (κ1) is 11.5. The summed E-state index contributed by atoms with van der Waals surface area (Å²) in [5, 5.41) is 0. The van der Waals surface area contributed by atoms with Gasteiger partial charge in [-0.15, -0.1) is 0 Å². The fraction of sp³-hybridized carbons (Fsp3) is 0.500. The van der Waals surface area contributed by atoms with Crippen LogP contribution < -0.4 is 0 Å². The average molecular weight is 424 g/mol. The molecule has 0 aromatic heterocycles. The van der Waals surface area contributed by atoms with Gasteiger partial charge >= 0.3 is 0 Å². The van der Waals surface area contributed by atoms with Crippen molar-refractivity contribution < 1.29 is 0 Å². The molecule has 0 spiro atoms. The second-order valence-corrected chi connectivity index (χ2v) is 8.14. The third kappa shape index (κ3) is 2.07. The number of rotatable bonds is 1. The molecule has 0 saturated carbocycles. The molecule has 0 radical (unpaired) electrons. The summed E-state index contributed by atoms with van der Waals surface area (Å²) >= 11 is 14.4. The first-order valence-corrected chi connectivity index (χ1v) is 6.83. The predicted molar refractivity (Wildman–Crippen MR) is 68.7 cm³/mol. The molecule has 0 bridgehead atoms. The minimum Gasteiger partial charge on any atom is -0.0988 e. The summed E-state index contributed by atoms with van der Waals surface area (Å²) in [7, 11) is 0. The highest BCUT2D eigenvalue weighted by atomic mass is 79.9. The van der Waals surface area contributed by atoms with Gasteiger partial charge in [-0.25, -0.2) is 0 Å². The van der Waals surface area contributed by atoms with E-state index in [-0.39, 0.29) is 3.23 Å². The Labute approximate surface area is 106 Å². The molecule has 68 valence electrons. The standard InChI is InChI=1S/C8H8Br4/c1-2-5-3-4-6(9)8(11,12)7(5)10/h2,6H,1,3-4H2. The Hall–Kier alpha value is 1.40. The third-order valence-corrected chi connectivity index (χ3v) is 8.35. The average Bonchev–Trinajstić information content (AvgIpc) is 2.02. The van der Waals surface area contributed by atoms with E-state index >= 15 is 0 Å². The topological polar surface area (TPSA) is 0 Å². The van der Waals surface area contributed by atoms with E-state index in [0.717, 1.165) is 17.3 Å². The largest absolute Gasteiger partial charge is 0.124 e. The van der Waals surface area contributed by atoms with Crippen LogP contribution in [0.2, 0.25) is 0 Å². The van der Waals surface area contributed by atoms with Gasteiger partial charge in [-0.1, -0.05) is 76.4 Å². The predicted octanol–water partition coefficient (Wildman–Crippen LogP) is 4.86. The minimum atomic E-state index is -0.165. The van der Waals surface area contributed by atoms with Gasteiger partial charge in [0.05, 0.1) is 0 Å². The highest BCUT2D eigenvalue weighted by Crippen LogP contribution is 2.51. The van der Waals surface area contributed by atoms with Crippen LogP contribution in [-0.4, -0.2) is 8.06 Å². The van der Waals surface area contributed by atoms with Crippen LogP contribution in [-0.2, 0) is 0 Å². The Morgan fingerprint density at radius 1 is 1.50 bits per heavy atom. The molecule has 0 amide bonds. The van der Waals surface area contributed by atoms with Crippen molar-refractivity contribution in [1.82, 2.24) is 0 Å². The van der Waals surface area contributed by atoms with Gasteiger partial charge < -0.3 is 0 Å². The van der Waals surface area contributed by atoms with Crippen LogP contribution in [0.25, 0.3) is 0 Å². The van der Waals surface area contributed by atoms with Gasteiger partial charge in [0.15, 0.2) is 0 Å². The van der Waals surface area contributed by atoms with Crippen LogP contribution in [0.4, 0.5) is 0 Å². The van der Waals surface area contributed by atoms with E-state index in [2.05, 4.69) is 70.3 Å². The Bertz CT molecular complexity index is 229. The van der Waals surface area contributed by atoms with Crippen molar-refractivity contribution in [3.63, 3.8) is 0 Å². The molecule has 0 heterocycles. The summed E-state index contributed by atoms with van der Waals surface area (Å²) in [5.41, 5.74) is 1.26. The summed E-state index contributed by atoms with van der Waals surface area (Å²) in [6.07, 6.45) is 4.08. The number of hydrogen-bond donors (Lipinski definition) is 0. The van der Waals surface area contributed by atoms with Crippen LogP contribution in [0.5, 0.6) is 0 Å². The maximum atomic E-state index is 3.78. The smallest absolute Gasteiger partial charge is 0.0988 e. The normalized spacial score (nSPS) is 28.8. The molecule has 1 rings (SSSR count). The fourth-order valence-electron chi connectivity index (χ4n) is 1.12. The van der Waals surface area contributed by atoms with Gasteiger partial charge in [0.1, 0.15) is 3.23 Å². The van der Waals surface area contributed by atoms with Crippen molar-refractivity contribution in [1.29, 1.82) is 0 Å². The summed E-state index contributed by atoms with van der Waals surface area (Å²) in [5.74, 6) is 0. The van der Waals surface area contributed by atoms with E-state index in [1.54, 1.807) is 0 Å². The lowest BCUT2D eigenvalue weighted by Crippen LogP contribution is -2.29. The lowest BCUT2D eigenvalue weighted by molar-refractivity contribution is 0.732. The second kappa shape index (κ2) is 4.28. The van der Waals surface area contributed by atoms with Gasteiger partial charge in [-0.05, 0) is 18.4 Å². The Balaban J connectivity index is 3.05. The maximum absolute atomic E-state index is 3.78. The van der Waals surface area contributed by atoms with E-state index in [4.69, 9.17) is 0 Å². The summed E-state index contributed by atoms with van der Waals surface area (Å²) < 4.78 is 0.972. The zero-order valence-corrected chi connectivity index (χ0v) is 12.6. The molecule has 1 aliphatic rings. The Morgan fingerprint density at radius 3 is 2.58 bits per heavy atom. The van der Waals surface area contributed by atoms with Gasteiger partial charge in [0, 0.05) is 9.31 Å². The Morgan fingerprint density at radius 2 is 2.08 bits per heavy atom. The van der Waals surface area contributed by atoms with E-state index in [1.807, 2.05) is 6.08 Å². The van der Waals surface area contributed by atoms with E-state index in [9.17, 15) is 0 Å². The number of allylic oxidation sites excluding steroid dienone is 3. The van der Waals surface area contributed by atoms with Crippen LogP contribution in [0.3, 0.4) is 0 Å². The van der Waals surface area contributed by atoms with Crippen LogP contribution in [0.15, 0.2) is 22.7 Å². The first-order chi connectivity index (χ1) is 5.50. The molecule has 0 aliphatic heterocycles. The molecule has 0 N–H and O–H groups in total. The third-order valence-electron chi connectivity index (χ3n) is 1.88. The summed E-state index contributed by atoms with van der Waals surface area (Å²) in [4.78, 5) is 0.406. The molecule has 0 saturated heterocycles. The van der Waals surface area contributed by atoms with E-state index < -0.39 is 0 Å². The lowest BCUT2D eigenvalue weighted by Gasteiger charge is -2.32. The lowest BCUT2D eigenvalue weighted by atomic mass is 9.99. The number of hydrogen-bond acceptors (Lipinski definition) is 0. The Kier molecular flexibility index (Phi) is 4.09. The molecule has 0 aromatic carbocycles. The maximum Gasteiger partial charge on any atom is 0.124 e. The minimum absolute atomic E-state index is 0.165. The highest BCUT2D eigenvalue weighted by molar-refractivity contribution is 9.27. The molecule has 0 nitrogen and oxygen atoms in total. The van der Waals surface area contributed by atoms with Crippen molar-refractivity contribution in [2.45, 2.75) is 20.9 Å². The van der Waals surface area contributed by atoms with Crippen molar-refractivity contribution in [2.75, 3.05) is 0 Å². The highest BCUT2D eigenvalue weighted by Gasteiger charge is 2.38. The monoisotopic (exact) mass is 420 g/mol. The van der Waals surface area contributed by atoms with Crippen LogP contribution in [0, 0.1) is 0 Å². The quantitative estimate of drug-likeness (QED) is 0.528. The molecule has 4 heteroatoms. The first-order valence-electron chi connectivity index (χ1n) is 3.53. The van der Waals surface area contributed by atoms with Gasteiger partial charge in [0.2, 0.25) is 0 Å². The number of alkyl halides is 3. The SMILES string of the molecule is C=CC1=C(Br)C(Br)(Br)C(Br)CC1. The van der Waals surface area contributed by atoms with Crippen molar-refractivity contribution in [2.24, 2.45) is 0 Å². The van der Waals surface area contributed by atoms with Gasteiger partial charge in [-0.2, -0.15) is 0 Å². The molecule has 1 atom stereocenters. The zero-order chi connectivity index (χ0) is 9.35. The van der Waals surface area contributed by atoms with Crippen molar-refractivity contribution in [3.8, 4) is 0 Å². The fourth-order valence-corrected chi connectivity index (χ4v) is 3.49. The molecule has 1 unspecified atom stereocenters. The second-order valence-electron chi connectivity index (χ2n) is 2.67. The summed E-state index contributed by atoms with van der Waals surface area (Å²) in [6, 6.07) is 0. The van der Waals surface area contributed by atoms with Gasteiger partial charge in [0.25, 0.3) is 0 Å². The molecule has 0 fully saturated rings. The number of halogens is 4. The molecular weight excluding hydrogens is 416 g/mol. The van der Waals surface area contributed by atoms with Crippen molar-refractivity contribution >= 4 is 63.7 Å². The van der Waals surface area contributed by atoms with E-state index in [1.165, 1.54) is 5.57 Å². The molecular formula is C8H8Br4. The molecule has 1 aliphatic carbocycles. The molecule has 0 aromatic rings. The van der Waals surface area contributed by atoms with Gasteiger partial charge in [-0.3, -0.25) is 0 Å². The summed E-state index contributed by atoms with van der Waals surface area (Å²) in [6.45, 7) is 3.78. The van der Waals surface area contributed by atoms with Crippen LogP contribution in [0.1, 0.15) is 12.8 Å². The van der Waals surface area contributed by atoms with Crippen LogP contribution >= 0.6 is 63.7 Å². The van der Waals surface area contributed by atoms with E-state index in [0.29, 0.717) is 4.83 Å². The zero-order valence-electron chi connectivity index (χ0n) is 6.29. The van der Waals surface area contributed by atoms with Crippen molar-refractivity contribution in [3.05, 3.63) is 22.7 Å². The molecule has 12 heavy (non-hydrogen) atoms.